The summed E-state index contributed by atoms with van der Waals surface area (Å²) in [5, 5.41) is 12.1. The molecule has 0 saturated carbocycles. The van der Waals surface area contributed by atoms with Gasteiger partial charge in [0.2, 0.25) is 0 Å². The Bertz CT molecular complexity index is 243. The molecular weight excluding hydrogens is 150 g/mol. The number of aliphatic hydroxyl groups excluding tert-OH is 1. The fourth-order valence-electron chi connectivity index (χ4n) is 1.32. The van der Waals surface area contributed by atoms with Gasteiger partial charge in [0, 0.05) is 0 Å². The molecule has 0 unspecified atom stereocenters. The number of hydrogen-bond acceptors (Lipinski definition) is 2. The first kappa shape index (κ1) is 9.23. The molecule has 1 atom stereocenters. The van der Waals surface area contributed by atoms with E-state index in [2.05, 4.69) is 18.3 Å². The average molecular weight is 165 g/mol. The monoisotopic (exact) mass is 165 g/mol. The molecule has 0 aliphatic heterocycles. The molecule has 2 N–H and O–H groups in total. The van der Waals surface area contributed by atoms with Crippen molar-refractivity contribution < 1.29 is 5.11 Å². The van der Waals surface area contributed by atoms with Crippen LogP contribution in [0.2, 0.25) is 0 Å². The maximum absolute atomic E-state index is 9.04. The Morgan fingerprint density at radius 2 is 2.08 bits per heavy atom. The molecule has 0 spiro atoms. The van der Waals surface area contributed by atoms with Crippen molar-refractivity contribution in [1.82, 2.24) is 5.32 Å². The summed E-state index contributed by atoms with van der Waals surface area (Å²) in [4.78, 5) is 0. The lowest BCUT2D eigenvalue weighted by atomic mass is 10.0. The van der Waals surface area contributed by atoms with Gasteiger partial charge in [-0.15, -0.1) is 0 Å². The second-order valence-corrected chi connectivity index (χ2v) is 2.88. The summed E-state index contributed by atoms with van der Waals surface area (Å²) >= 11 is 0. The Balaban J connectivity index is 2.92. The van der Waals surface area contributed by atoms with E-state index >= 15 is 0 Å². The van der Waals surface area contributed by atoms with E-state index in [1.165, 1.54) is 11.1 Å². The number of hydrogen-bond donors (Lipinski definition) is 2. The molecule has 0 aromatic heterocycles. The van der Waals surface area contributed by atoms with Gasteiger partial charge in [-0.1, -0.05) is 24.3 Å². The normalized spacial score (nSPS) is 12.9. The molecule has 1 rings (SSSR count). The molecule has 2 nitrogen and oxygen atoms in total. The third-order valence-corrected chi connectivity index (χ3v) is 2.09. The number of rotatable bonds is 3. The zero-order chi connectivity index (χ0) is 8.97. The lowest BCUT2D eigenvalue weighted by molar-refractivity contribution is 0.250. The van der Waals surface area contributed by atoms with E-state index in [4.69, 9.17) is 5.11 Å². The molecule has 0 bridgehead atoms. The van der Waals surface area contributed by atoms with Crippen molar-refractivity contribution in [2.75, 3.05) is 13.7 Å². The van der Waals surface area contributed by atoms with Gasteiger partial charge < -0.3 is 10.4 Å². The van der Waals surface area contributed by atoms with Crippen molar-refractivity contribution in [3.05, 3.63) is 35.4 Å². The largest absolute Gasteiger partial charge is 0.394 e. The minimum atomic E-state index is 0.0613. The molecule has 0 saturated heterocycles. The van der Waals surface area contributed by atoms with Crippen LogP contribution in [0.3, 0.4) is 0 Å². The summed E-state index contributed by atoms with van der Waals surface area (Å²) in [7, 11) is 1.85. The number of aliphatic hydroxyl groups is 1. The van der Waals surface area contributed by atoms with Gasteiger partial charge in [-0.25, -0.2) is 0 Å². The first-order valence-electron chi connectivity index (χ1n) is 4.13. The number of likely N-dealkylation sites (N-methyl/N-ethyl adjacent to an activating group) is 1. The average Bonchev–Trinajstić information content (AvgIpc) is 2.10. The first-order valence-corrected chi connectivity index (χ1v) is 4.13. The van der Waals surface area contributed by atoms with E-state index in [1.807, 2.05) is 25.2 Å². The summed E-state index contributed by atoms with van der Waals surface area (Å²) in [5.41, 5.74) is 2.38. The van der Waals surface area contributed by atoms with Crippen molar-refractivity contribution in [3.63, 3.8) is 0 Å². The minimum absolute atomic E-state index is 0.0613. The van der Waals surface area contributed by atoms with Crippen LogP contribution < -0.4 is 5.32 Å². The Kier molecular flexibility index (Phi) is 3.26. The summed E-state index contributed by atoms with van der Waals surface area (Å²) in [6.45, 7) is 2.19. The van der Waals surface area contributed by atoms with E-state index in [1.54, 1.807) is 0 Å². The molecule has 1 aromatic rings. The SMILES string of the molecule is CN[C@H](CO)c1ccccc1C. The summed E-state index contributed by atoms with van der Waals surface area (Å²) < 4.78 is 0. The molecule has 0 amide bonds. The van der Waals surface area contributed by atoms with Gasteiger partial charge in [-0.05, 0) is 25.1 Å². The van der Waals surface area contributed by atoms with Crippen LogP contribution in [0.5, 0.6) is 0 Å². The summed E-state index contributed by atoms with van der Waals surface area (Å²) in [6.07, 6.45) is 0. The Labute approximate surface area is 73.2 Å². The van der Waals surface area contributed by atoms with Crippen molar-refractivity contribution in [2.45, 2.75) is 13.0 Å². The number of benzene rings is 1. The molecule has 0 fully saturated rings. The molecule has 2 heteroatoms. The lowest BCUT2D eigenvalue weighted by Crippen LogP contribution is -2.20. The third kappa shape index (κ3) is 1.84. The minimum Gasteiger partial charge on any atom is -0.394 e. The Morgan fingerprint density at radius 1 is 1.42 bits per heavy atom. The third-order valence-electron chi connectivity index (χ3n) is 2.09. The van der Waals surface area contributed by atoms with E-state index in [0.717, 1.165) is 0 Å². The smallest absolute Gasteiger partial charge is 0.0626 e. The van der Waals surface area contributed by atoms with Crippen molar-refractivity contribution in [1.29, 1.82) is 0 Å². The maximum Gasteiger partial charge on any atom is 0.0626 e. The van der Waals surface area contributed by atoms with Gasteiger partial charge in [0.1, 0.15) is 0 Å². The van der Waals surface area contributed by atoms with Crippen molar-refractivity contribution >= 4 is 0 Å². The fourth-order valence-corrected chi connectivity index (χ4v) is 1.32. The van der Waals surface area contributed by atoms with Crippen LogP contribution >= 0.6 is 0 Å². The van der Waals surface area contributed by atoms with Crippen LogP contribution in [0, 0.1) is 6.92 Å². The molecule has 12 heavy (non-hydrogen) atoms. The fraction of sp³-hybridized carbons (Fsp3) is 0.400. The Hall–Kier alpha value is -0.860. The highest BCUT2D eigenvalue weighted by Crippen LogP contribution is 2.15. The molecule has 0 aliphatic rings. The second-order valence-electron chi connectivity index (χ2n) is 2.88. The topological polar surface area (TPSA) is 32.3 Å². The van der Waals surface area contributed by atoms with E-state index in [9.17, 15) is 0 Å². The van der Waals surface area contributed by atoms with Crippen LogP contribution in [0.15, 0.2) is 24.3 Å². The van der Waals surface area contributed by atoms with Crippen LogP contribution in [0.25, 0.3) is 0 Å². The van der Waals surface area contributed by atoms with Gasteiger partial charge >= 0.3 is 0 Å². The van der Waals surface area contributed by atoms with Gasteiger partial charge in [0.25, 0.3) is 0 Å². The van der Waals surface area contributed by atoms with Gasteiger partial charge in [0.15, 0.2) is 0 Å². The highest BCUT2D eigenvalue weighted by molar-refractivity contribution is 5.28. The van der Waals surface area contributed by atoms with Gasteiger partial charge in [-0.3, -0.25) is 0 Å². The molecule has 0 radical (unpaired) electrons. The Morgan fingerprint density at radius 3 is 2.58 bits per heavy atom. The van der Waals surface area contributed by atoms with Crippen LogP contribution in [-0.2, 0) is 0 Å². The first-order chi connectivity index (χ1) is 5.79. The lowest BCUT2D eigenvalue weighted by Gasteiger charge is -2.15. The highest BCUT2D eigenvalue weighted by Gasteiger charge is 2.08. The molecule has 66 valence electrons. The highest BCUT2D eigenvalue weighted by atomic mass is 16.3. The predicted molar refractivity (Wildman–Crippen MR) is 50.1 cm³/mol. The zero-order valence-corrected chi connectivity index (χ0v) is 7.54. The zero-order valence-electron chi connectivity index (χ0n) is 7.54. The predicted octanol–water partition coefficient (Wildman–Crippen LogP) is 1.25. The maximum atomic E-state index is 9.04. The summed E-state index contributed by atoms with van der Waals surface area (Å²) in [5.74, 6) is 0. The number of nitrogens with one attached hydrogen (secondary N) is 1. The van der Waals surface area contributed by atoms with Crippen LogP contribution in [0.1, 0.15) is 17.2 Å². The van der Waals surface area contributed by atoms with Crippen molar-refractivity contribution in [2.24, 2.45) is 0 Å². The number of aryl methyl sites for hydroxylation is 1. The van der Waals surface area contributed by atoms with E-state index in [-0.39, 0.29) is 12.6 Å². The quantitative estimate of drug-likeness (QED) is 0.706. The van der Waals surface area contributed by atoms with Gasteiger partial charge in [-0.2, -0.15) is 0 Å². The molecule has 0 heterocycles. The molecule has 0 aliphatic carbocycles. The molecular formula is C10H15NO. The standard InChI is InChI=1S/C10H15NO/c1-8-5-3-4-6-9(8)10(7-12)11-2/h3-6,10-12H,7H2,1-2H3/t10-/m1/s1. The van der Waals surface area contributed by atoms with Crippen molar-refractivity contribution in [3.8, 4) is 0 Å². The molecule has 1 aromatic carbocycles. The van der Waals surface area contributed by atoms with Crippen LogP contribution in [0.4, 0.5) is 0 Å². The second kappa shape index (κ2) is 4.24. The van der Waals surface area contributed by atoms with Gasteiger partial charge in [0.05, 0.1) is 12.6 Å². The summed E-state index contributed by atoms with van der Waals surface area (Å²) in [6, 6.07) is 8.14. The van der Waals surface area contributed by atoms with E-state index in [0.29, 0.717) is 0 Å². The van der Waals surface area contributed by atoms with E-state index < -0.39 is 0 Å². The van der Waals surface area contributed by atoms with Crippen LogP contribution in [-0.4, -0.2) is 18.8 Å².